The molecule has 7 heteroatoms. The van der Waals surface area contributed by atoms with Gasteiger partial charge in [0.25, 0.3) is 0 Å². The number of nitrogens with zero attached hydrogens (tertiary/aromatic N) is 1. The number of thioether (sulfide) groups is 1. The third-order valence-electron chi connectivity index (χ3n) is 2.76. The van der Waals surface area contributed by atoms with E-state index in [1.807, 2.05) is 31.2 Å². The van der Waals surface area contributed by atoms with Crippen molar-refractivity contribution in [3.05, 3.63) is 46.1 Å². The van der Waals surface area contributed by atoms with E-state index in [0.717, 1.165) is 10.5 Å². The molecule has 1 amide bonds. The van der Waals surface area contributed by atoms with Gasteiger partial charge in [-0.15, -0.1) is 11.8 Å². The van der Waals surface area contributed by atoms with Gasteiger partial charge in [-0.3, -0.25) is 9.78 Å². The van der Waals surface area contributed by atoms with E-state index in [9.17, 15) is 9.59 Å². The Balaban J connectivity index is 1.87. The highest BCUT2D eigenvalue weighted by Crippen LogP contribution is 2.21. The summed E-state index contributed by atoms with van der Waals surface area (Å²) >= 11 is 1.49. The Morgan fingerprint density at radius 2 is 2.20 bits per heavy atom. The maximum atomic E-state index is 11.9. The molecule has 0 radical (unpaired) electrons. The van der Waals surface area contributed by atoms with Crippen molar-refractivity contribution in [3.8, 4) is 0 Å². The van der Waals surface area contributed by atoms with Gasteiger partial charge in [-0.25, -0.2) is 9.89 Å². The molecule has 1 aromatic heterocycles. The van der Waals surface area contributed by atoms with Gasteiger partial charge in [-0.2, -0.15) is 5.10 Å². The van der Waals surface area contributed by atoms with E-state index in [0.29, 0.717) is 11.6 Å². The third-order valence-corrected chi connectivity index (χ3v) is 3.94. The summed E-state index contributed by atoms with van der Waals surface area (Å²) < 4.78 is 0. The largest absolute Gasteiger partial charge is 0.346 e. The van der Waals surface area contributed by atoms with Crippen LogP contribution in [0.4, 0.5) is 0 Å². The summed E-state index contributed by atoms with van der Waals surface area (Å²) in [6.07, 6.45) is 0. The predicted octanol–water partition coefficient (Wildman–Crippen LogP) is 1.38. The molecule has 0 aliphatic rings. The molecule has 0 spiro atoms. The molecule has 3 N–H and O–H groups in total. The number of carbonyl (C=O) groups is 1. The number of aromatic amines is 2. The van der Waals surface area contributed by atoms with Crippen molar-refractivity contribution < 1.29 is 4.79 Å². The van der Waals surface area contributed by atoms with Crippen LogP contribution in [-0.2, 0) is 4.79 Å². The lowest BCUT2D eigenvalue weighted by Crippen LogP contribution is -2.29. The molecule has 0 bridgehead atoms. The van der Waals surface area contributed by atoms with Crippen molar-refractivity contribution in [2.45, 2.75) is 24.8 Å². The number of carbonyl (C=O) groups excluding carboxylic acids is 1. The lowest BCUT2D eigenvalue weighted by Gasteiger charge is -2.11. The van der Waals surface area contributed by atoms with E-state index in [4.69, 9.17) is 0 Å². The second-order valence-corrected chi connectivity index (χ2v) is 5.42. The zero-order valence-corrected chi connectivity index (χ0v) is 12.1. The van der Waals surface area contributed by atoms with E-state index in [-0.39, 0.29) is 17.6 Å². The Hall–Kier alpha value is -2.02. The van der Waals surface area contributed by atoms with Gasteiger partial charge in [-0.05, 0) is 25.5 Å². The van der Waals surface area contributed by atoms with Crippen LogP contribution in [0.1, 0.15) is 24.4 Å². The topological polar surface area (TPSA) is 90.6 Å². The molecule has 1 atom stereocenters. The minimum Gasteiger partial charge on any atom is -0.346 e. The molecule has 0 aliphatic carbocycles. The molecule has 20 heavy (non-hydrogen) atoms. The second-order valence-electron chi connectivity index (χ2n) is 4.41. The van der Waals surface area contributed by atoms with Crippen molar-refractivity contribution in [3.63, 3.8) is 0 Å². The summed E-state index contributed by atoms with van der Waals surface area (Å²) in [6, 6.07) is 7.58. The number of H-pyrrole nitrogens is 2. The fourth-order valence-electron chi connectivity index (χ4n) is 1.70. The maximum Gasteiger partial charge on any atom is 0.340 e. The molecule has 6 nitrogen and oxygen atoms in total. The summed E-state index contributed by atoms with van der Waals surface area (Å²) in [7, 11) is 0. The molecule has 0 fully saturated rings. The average Bonchev–Trinajstić information content (AvgIpc) is 2.84. The number of hydrogen-bond acceptors (Lipinski definition) is 4. The van der Waals surface area contributed by atoms with Crippen molar-refractivity contribution in [2.24, 2.45) is 0 Å². The molecule has 0 aliphatic heterocycles. The van der Waals surface area contributed by atoms with Gasteiger partial charge in [0.15, 0.2) is 5.82 Å². The number of amides is 1. The van der Waals surface area contributed by atoms with Gasteiger partial charge >= 0.3 is 5.69 Å². The Labute approximate surface area is 120 Å². The van der Waals surface area contributed by atoms with Crippen LogP contribution in [0.3, 0.4) is 0 Å². The Morgan fingerprint density at radius 1 is 1.45 bits per heavy atom. The molecule has 1 heterocycles. The monoisotopic (exact) mass is 292 g/mol. The number of rotatable bonds is 5. The van der Waals surface area contributed by atoms with Crippen LogP contribution in [0, 0.1) is 6.92 Å². The molecule has 0 saturated carbocycles. The lowest BCUT2D eigenvalue weighted by atomic mass is 10.2. The van der Waals surface area contributed by atoms with E-state index in [1.54, 1.807) is 6.92 Å². The van der Waals surface area contributed by atoms with Gasteiger partial charge in [0.05, 0.1) is 11.8 Å². The fraction of sp³-hybridized carbons (Fsp3) is 0.308. The minimum atomic E-state index is -0.379. The van der Waals surface area contributed by atoms with Crippen LogP contribution in [0.25, 0.3) is 0 Å². The van der Waals surface area contributed by atoms with Crippen LogP contribution < -0.4 is 11.0 Å². The molecule has 0 saturated heterocycles. The quantitative estimate of drug-likeness (QED) is 0.726. The molecule has 106 valence electrons. The van der Waals surface area contributed by atoms with E-state index in [2.05, 4.69) is 20.5 Å². The first kappa shape index (κ1) is 14.4. The standard InChI is InChI=1S/C13H16N4O2S/c1-8-5-3-4-6-10(8)20-7-11(18)14-9(2)12-15-13(19)17-16-12/h3-6,9H,7H2,1-2H3,(H,14,18)(H2,15,16,17,19). The van der Waals surface area contributed by atoms with E-state index >= 15 is 0 Å². The first-order chi connectivity index (χ1) is 9.56. The number of benzene rings is 1. The van der Waals surface area contributed by atoms with Gasteiger partial charge in [0, 0.05) is 4.90 Å². The van der Waals surface area contributed by atoms with Gasteiger partial charge < -0.3 is 5.32 Å². The number of hydrogen-bond donors (Lipinski definition) is 3. The minimum absolute atomic E-state index is 0.102. The summed E-state index contributed by atoms with van der Waals surface area (Å²) in [5.74, 6) is 0.642. The second kappa shape index (κ2) is 6.42. The zero-order chi connectivity index (χ0) is 14.5. The highest BCUT2D eigenvalue weighted by atomic mass is 32.2. The molecular weight excluding hydrogens is 276 g/mol. The number of nitrogens with one attached hydrogen (secondary N) is 3. The molecule has 1 aromatic carbocycles. The summed E-state index contributed by atoms with van der Waals surface area (Å²) in [5.41, 5.74) is 0.769. The Morgan fingerprint density at radius 3 is 2.85 bits per heavy atom. The van der Waals surface area contributed by atoms with E-state index < -0.39 is 0 Å². The van der Waals surface area contributed by atoms with Crippen LogP contribution in [0.2, 0.25) is 0 Å². The number of aryl methyl sites for hydroxylation is 1. The van der Waals surface area contributed by atoms with Crippen LogP contribution in [0.5, 0.6) is 0 Å². The number of aromatic nitrogens is 3. The van der Waals surface area contributed by atoms with Crippen LogP contribution >= 0.6 is 11.8 Å². The van der Waals surface area contributed by atoms with E-state index in [1.165, 1.54) is 11.8 Å². The SMILES string of the molecule is Cc1ccccc1SCC(=O)NC(C)c1n[nH]c(=O)[nH]1. The molecule has 1 unspecified atom stereocenters. The van der Waals surface area contributed by atoms with Crippen LogP contribution in [-0.4, -0.2) is 26.8 Å². The first-order valence-electron chi connectivity index (χ1n) is 6.18. The van der Waals surface area contributed by atoms with Crippen LogP contribution in [0.15, 0.2) is 34.0 Å². The zero-order valence-electron chi connectivity index (χ0n) is 11.3. The Bertz CT molecular complexity index is 650. The highest BCUT2D eigenvalue weighted by Gasteiger charge is 2.13. The maximum absolute atomic E-state index is 11.9. The van der Waals surface area contributed by atoms with Crippen molar-refractivity contribution >= 4 is 17.7 Å². The molecular formula is C13H16N4O2S. The van der Waals surface area contributed by atoms with Crippen molar-refractivity contribution in [2.75, 3.05) is 5.75 Å². The first-order valence-corrected chi connectivity index (χ1v) is 7.17. The highest BCUT2D eigenvalue weighted by molar-refractivity contribution is 8.00. The smallest absolute Gasteiger partial charge is 0.340 e. The normalized spacial score (nSPS) is 12.1. The Kier molecular flexibility index (Phi) is 4.62. The molecule has 2 rings (SSSR count). The van der Waals surface area contributed by atoms with Crippen molar-refractivity contribution in [1.29, 1.82) is 0 Å². The lowest BCUT2D eigenvalue weighted by molar-refractivity contribution is -0.119. The molecule has 2 aromatic rings. The van der Waals surface area contributed by atoms with Gasteiger partial charge in [-0.1, -0.05) is 18.2 Å². The third kappa shape index (κ3) is 3.74. The van der Waals surface area contributed by atoms with Gasteiger partial charge in [0.1, 0.15) is 0 Å². The summed E-state index contributed by atoms with van der Waals surface area (Å²) in [4.78, 5) is 26.4. The van der Waals surface area contributed by atoms with Gasteiger partial charge in [0.2, 0.25) is 5.91 Å². The van der Waals surface area contributed by atoms with Crippen molar-refractivity contribution in [1.82, 2.24) is 20.5 Å². The summed E-state index contributed by atoms with van der Waals surface area (Å²) in [5, 5.41) is 8.84. The predicted molar refractivity (Wildman–Crippen MR) is 77.7 cm³/mol. The average molecular weight is 292 g/mol. The summed E-state index contributed by atoms with van der Waals surface area (Å²) in [6.45, 7) is 3.78. The fourth-order valence-corrected chi connectivity index (χ4v) is 2.54.